The van der Waals surface area contributed by atoms with E-state index in [2.05, 4.69) is 21.2 Å². The number of carbonyl (C=O) groups excluding carboxylic acids is 1. The molecule has 0 saturated heterocycles. The molecule has 0 aliphatic rings. The largest absolute Gasteiger partial charge is 0.416 e. The van der Waals surface area contributed by atoms with Gasteiger partial charge in [-0.05, 0) is 46.3 Å². The summed E-state index contributed by atoms with van der Waals surface area (Å²) >= 11 is 3.15. The number of para-hydroxylation sites is 1. The quantitative estimate of drug-likeness (QED) is 0.557. The normalized spacial score (nSPS) is 12.0. The summed E-state index contributed by atoms with van der Waals surface area (Å²) in [6.45, 7) is 0. The molecule has 2 amide bonds. The average molecular weight is 427 g/mol. The van der Waals surface area contributed by atoms with E-state index in [0.717, 1.165) is 0 Å². The molecule has 0 heterocycles. The van der Waals surface area contributed by atoms with E-state index < -0.39 is 35.2 Å². The van der Waals surface area contributed by atoms with Gasteiger partial charge < -0.3 is 10.6 Å². The molecule has 2 N–H and O–H groups in total. The molecule has 134 valence electrons. The highest BCUT2D eigenvalue weighted by atomic mass is 79.9. The minimum atomic E-state index is -4.99. The van der Waals surface area contributed by atoms with Crippen molar-refractivity contribution in [2.24, 2.45) is 0 Å². The molecule has 0 aliphatic heterocycles. The van der Waals surface area contributed by atoms with Crippen molar-refractivity contribution >= 4 is 33.3 Å². The number of benzene rings is 2. The van der Waals surface area contributed by atoms with E-state index >= 15 is 0 Å². The fraction of sp³-hybridized carbons (Fsp3) is 0.133. The first kappa shape index (κ1) is 19.1. The van der Waals surface area contributed by atoms with Crippen LogP contribution in [0.25, 0.3) is 0 Å². The van der Waals surface area contributed by atoms with Crippen LogP contribution in [0.4, 0.5) is 42.5 Å². The Hall–Kier alpha value is -2.23. The van der Waals surface area contributed by atoms with Gasteiger partial charge in [-0.1, -0.05) is 12.1 Å². The van der Waals surface area contributed by atoms with E-state index in [-0.39, 0.29) is 6.07 Å². The lowest BCUT2D eigenvalue weighted by Gasteiger charge is -2.15. The number of alkyl halides is 6. The molecule has 0 bridgehead atoms. The van der Waals surface area contributed by atoms with Gasteiger partial charge in [-0.2, -0.15) is 26.3 Å². The molecule has 2 aromatic carbocycles. The van der Waals surface area contributed by atoms with Gasteiger partial charge in [0.1, 0.15) is 0 Å². The van der Waals surface area contributed by atoms with Crippen LogP contribution >= 0.6 is 15.9 Å². The summed E-state index contributed by atoms with van der Waals surface area (Å²) in [4.78, 5) is 11.9. The van der Waals surface area contributed by atoms with Crippen LogP contribution in [0.15, 0.2) is 46.9 Å². The van der Waals surface area contributed by atoms with Crippen LogP contribution in [0.3, 0.4) is 0 Å². The average Bonchev–Trinajstić information content (AvgIpc) is 2.47. The Morgan fingerprint density at radius 2 is 1.36 bits per heavy atom. The van der Waals surface area contributed by atoms with Gasteiger partial charge in [-0.3, -0.25) is 0 Å². The smallest absolute Gasteiger partial charge is 0.308 e. The predicted molar refractivity (Wildman–Crippen MR) is 83.2 cm³/mol. The lowest BCUT2D eigenvalue weighted by molar-refractivity contribution is -0.143. The predicted octanol–water partition coefficient (Wildman–Crippen LogP) is 6.13. The van der Waals surface area contributed by atoms with E-state index in [1.807, 2.05) is 5.32 Å². The van der Waals surface area contributed by atoms with Crippen LogP contribution in [0.1, 0.15) is 11.1 Å². The van der Waals surface area contributed by atoms with E-state index in [4.69, 9.17) is 0 Å². The molecular formula is C15H9BrF6N2O. The van der Waals surface area contributed by atoms with Gasteiger partial charge in [0.2, 0.25) is 0 Å². The Kier molecular flexibility index (Phi) is 5.31. The zero-order valence-electron chi connectivity index (χ0n) is 12.1. The summed E-state index contributed by atoms with van der Waals surface area (Å²) in [6, 6.07) is 6.19. The molecule has 0 radical (unpaired) electrons. The Bertz CT molecular complexity index is 756. The van der Waals surface area contributed by atoms with Crippen LogP contribution in [0.2, 0.25) is 0 Å². The summed E-state index contributed by atoms with van der Waals surface area (Å²) in [5.41, 5.74) is -3.37. The van der Waals surface area contributed by atoms with Crippen LogP contribution < -0.4 is 10.6 Å². The number of anilines is 2. The Morgan fingerprint density at radius 1 is 0.840 bits per heavy atom. The molecule has 0 saturated carbocycles. The first-order valence-electron chi connectivity index (χ1n) is 6.59. The molecule has 2 rings (SSSR count). The third kappa shape index (κ3) is 5.12. The molecule has 3 nitrogen and oxygen atoms in total. The number of carbonyl (C=O) groups is 1. The molecule has 0 atom stereocenters. The highest BCUT2D eigenvalue weighted by Crippen LogP contribution is 2.37. The number of halogens is 7. The maximum Gasteiger partial charge on any atom is 0.416 e. The summed E-state index contributed by atoms with van der Waals surface area (Å²) < 4.78 is 77.1. The van der Waals surface area contributed by atoms with E-state index in [1.54, 1.807) is 18.2 Å². The standard InChI is InChI=1S/C15H9BrF6N2O/c16-11-3-1-2-4-12(11)24-13(25)23-10-6-8(14(17,18)19)5-9(7-10)15(20,21)22/h1-7H,(H2,23,24,25). The minimum Gasteiger partial charge on any atom is -0.308 e. The molecule has 0 unspecified atom stereocenters. The van der Waals surface area contributed by atoms with Crippen LogP contribution in [-0.2, 0) is 12.4 Å². The number of hydrogen-bond acceptors (Lipinski definition) is 1. The van der Waals surface area contributed by atoms with Gasteiger partial charge in [-0.25, -0.2) is 4.79 Å². The van der Waals surface area contributed by atoms with Gasteiger partial charge in [-0.15, -0.1) is 0 Å². The van der Waals surface area contributed by atoms with Crippen molar-refractivity contribution in [3.05, 3.63) is 58.1 Å². The SMILES string of the molecule is O=C(Nc1cc(C(F)(F)F)cc(C(F)(F)F)c1)Nc1ccccc1Br. The van der Waals surface area contributed by atoms with Gasteiger partial charge in [0.05, 0.1) is 16.8 Å². The van der Waals surface area contributed by atoms with E-state index in [0.29, 0.717) is 22.3 Å². The van der Waals surface area contributed by atoms with Crippen molar-refractivity contribution in [2.75, 3.05) is 10.6 Å². The fourth-order valence-electron chi connectivity index (χ4n) is 1.87. The fourth-order valence-corrected chi connectivity index (χ4v) is 2.26. The van der Waals surface area contributed by atoms with Crippen molar-refractivity contribution in [1.29, 1.82) is 0 Å². The van der Waals surface area contributed by atoms with Gasteiger partial charge >= 0.3 is 18.4 Å². The topological polar surface area (TPSA) is 41.1 Å². The zero-order chi connectivity index (χ0) is 18.8. The van der Waals surface area contributed by atoms with Crippen molar-refractivity contribution in [1.82, 2.24) is 0 Å². The van der Waals surface area contributed by atoms with Crippen molar-refractivity contribution in [2.45, 2.75) is 12.4 Å². The van der Waals surface area contributed by atoms with Crippen molar-refractivity contribution in [3.63, 3.8) is 0 Å². The number of amides is 2. The Balaban J connectivity index is 2.29. The molecule has 10 heteroatoms. The highest BCUT2D eigenvalue weighted by molar-refractivity contribution is 9.10. The van der Waals surface area contributed by atoms with Crippen LogP contribution in [0, 0.1) is 0 Å². The first-order valence-corrected chi connectivity index (χ1v) is 7.38. The number of urea groups is 1. The summed E-state index contributed by atoms with van der Waals surface area (Å²) in [7, 11) is 0. The van der Waals surface area contributed by atoms with Crippen molar-refractivity contribution in [3.8, 4) is 0 Å². The molecule has 25 heavy (non-hydrogen) atoms. The molecule has 2 aromatic rings. The van der Waals surface area contributed by atoms with E-state index in [1.165, 1.54) is 6.07 Å². The van der Waals surface area contributed by atoms with Crippen LogP contribution in [-0.4, -0.2) is 6.03 Å². The second kappa shape index (κ2) is 6.95. The van der Waals surface area contributed by atoms with E-state index in [9.17, 15) is 31.1 Å². The summed E-state index contributed by atoms with van der Waals surface area (Å²) in [6.07, 6.45) is -9.98. The third-order valence-corrected chi connectivity index (χ3v) is 3.66. The van der Waals surface area contributed by atoms with Gasteiger partial charge in [0.25, 0.3) is 0 Å². The Labute approximate surface area is 146 Å². The Morgan fingerprint density at radius 3 is 1.84 bits per heavy atom. The second-order valence-electron chi connectivity index (χ2n) is 4.85. The number of rotatable bonds is 2. The third-order valence-electron chi connectivity index (χ3n) is 2.97. The van der Waals surface area contributed by atoms with Gasteiger partial charge in [0.15, 0.2) is 0 Å². The summed E-state index contributed by atoms with van der Waals surface area (Å²) in [5.74, 6) is 0. The second-order valence-corrected chi connectivity index (χ2v) is 5.71. The maximum absolute atomic E-state index is 12.8. The number of nitrogens with one attached hydrogen (secondary N) is 2. The molecule has 0 spiro atoms. The molecular weight excluding hydrogens is 418 g/mol. The zero-order valence-corrected chi connectivity index (χ0v) is 13.7. The van der Waals surface area contributed by atoms with Crippen molar-refractivity contribution < 1.29 is 31.1 Å². The summed E-state index contributed by atoms with van der Waals surface area (Å²) in [5, 5.41) is 4.29. The van der Waals surface area contributed by atoms with Gasteiger partial charge in [0, 0.05) is 10.2 Å². The highest BCUT2D eigenvalue weighted by Gasteiger charge is 2.37. The molecule has 0 aliphatic carbocycles. The maximum atomic E-state index is 12.8. The lowest BCUT2D eigenvalue weighted by atomic mass is 10.1. The van der Waals surface area contributed by atoms with Crippen LogP contribution in [0.5, 0.6) is 0 Å². The number of hydrogen-bond donors (Lipinski definition) is 2. The lowest BCUT2D eigenvalue weighted by Crippen LogP contribution is -2.21. The molecule has 0 aromatic heterocycles. The molecule has 0 fully saturated rings. The first-order chi connectivity index (χ1) is 11.5. The minimum absolute atomic E-state index is 0.0170. The monoisotopic (exact) mass is 426 g/mol.